The van der Waals surface area contributed by atoms with Gasteiger partial charge >= 0.3 is 5.97 Å². The second-order valence-corrected chi connectivity index (χ2v) is 3.79. The molecular weight excluding hydrogens is 228 g/mol. The van der Waals surface area contributed by atoms with Crippen LogP contribution in [0.5, 0.6) is 5.75 Å². The molecule has 90 valence electrons. The topological polar surface area (TPSA) is 65.9 Å². The number of hydrogen-bond acceptors (Lipinski definition) is 3. The lowest BCUT2D eigenvalue weighted by Gasteiger charge is -2.02. The molecule has 4 heteroatoms. The summed E-state index contributed by atoms with van der Waals surface area (Å²) in [6, 6.07) is 10.2. The smallest absolute Gasteiger partial charge is 0.345 e. The Hall–Kier alpha value is -2.54. The molecule has 0 saturated carbocycles. The van der Waals surface area contributed by atoms with Crippen LogP contribution < -0.4 is 4.74 Å². The van der Waals surface area contributed by atoms with E-state index in [-0.39, 0.29) is 0 Å². The van der Waals surface area contributed by atoms with Crippen LogP contribution in [0.1, 0.15) is 28.5 Å². The van der Waals surface area contributed by atoms with Crippen LogP contribution in [0.25, 0.3) is 0 Å². The molecule has 4 nitrogen and oxygen atoms in total. The highest BCUT2D eigenvalue weighted by atomic mass is 16.5. The van der Waals surface area contributed by atoms with Crippen LogP contribution in [0.2, 0.25) is 0 Å². The van der Waals surface area contributed by atoms with E-state index in [0.717, 1.165) is 12.1 Å². The first-order valence-electron chi connectivity index (χ1n) is 5.62. The molecule has 0 atom stereocenters. The van der Waals surface area contributed by atoms with Crippen molar-refractivity contribution in [2.24, 2.45) is 0 Å². The largest absolute Gasteiger partial charge is 0.423 e. The van der Waals surface area contributed by atoms with Gasteiger partial charge in [0, 0.05) is 11.9 Å². The zero-order chi connectivity index (χ0) is 13.0. The molecule has 0 aliphatic heterocycles. The van der Waals surface area contributed by atoms with Crippen LogP contribution in [-0.2, 0) is 6.42 Å². The van der Waals surface area contributed by atoms with Crippen LogP contribution >= 0.6 is 0 Å². The van der Waals surface area contributed by atoms with Gasteiger partial charge in [-0.2, -0.15) is 5.26 Å². The number of nitrogens with one attached hydrogen (secondary N) is 1. The van der Waals surface area contributed by atoms with Crippen molar-refractivity contribution in [1.29, 1.82) is 5.26 Å². The van der Waals surface area contributed by atoms with E-state index in [1.807, 2.05) is 13.0 Å². The summed E-state index contributed by atoms with van der Waals surface area (Å²) in [5, 5.41) is 8.66. The van der Waals surface area contributed by atoms with Crippen molar-refractivity contribution >= 4 is 5.97 Å². The summed E-state index contributed by atoms with van der Waals surface area (Å²) >= 11 is 0. The Labute approximate surface area is 105 Å². The van der Waals surface area contributed by atoms with Crippen molar-refractivity contribution in [3.05, 3.63) is 53.3 Å². The Morgan fingerprint density at radius 2 is 2.11 bits per heavy atom. The molecule has 1 aromatic carbocycles. The third-order valence-electron chi connectivity index (χ3n) is 2.55. The number of aryl methyl sites for hydroxylation is 1. The Morgan fingerprint density at radius 1 is 1.39 bits per heavy atom. The van der Waals surface area contributed by atoms with Gasteiger partial charge in [0.1, 0.15) is 5.75 Å². The van der Waals surface area contributed by atoms with E-state index in [1.54, 1.807) is 36.5 Å². The second-order valence-electron chi connectivity index (χ2n) is 3.79. The fraction of sp³-hybridized carbons (Fsp3) is 0.143. The number of carbonyl (C=O) groups excluding carboxylic acids is 1. The molecule has 0 radical (unpaired) electrons. The molecule has 0 aliphatic carbocycles. The van der Waals surface area contributed by atoms with Gasteiger partial charge in [-0.25, -0.2) is 4.79 Å². The number of nitriles is 1. The predicted molar refractivity (Wildman–Crippen MR) is 66.3 cm³/mol. The molecule has 1 heterocycles. The van der Waals surface area contributed by atoms with Crippen LogP contribution in [0.4, 0.5) is 0 Å². The zero-order valence-electron chi connectivity index (χ0n) is 9.93. The summed E-state index contributed by atoms with van der Waals surface area (Å²) in [6.45, 7) is 2.00. The molecule has 0 fully saturated rings. The summed E-state index contributed by atoms with van der Waals surface area (Å²) in [5.74, 6) is 0.0221. The minimum atomic E-state index is -0.407. The van der Waals surface area contributed by atoms with Crippen LogP contribution in [-0.4, -0.2) is 11.0 Å². The number of esters is 1. The fourth-order valence-corrected chi connectivity index (χ4v) is 1.53. The predicted octanol–water partition coefficient (Wildman–Crippen LogP) is 2.67. The monoisotopic (exact) mass is 240 g/mol. The van der Waals surface area contributed by atoms with E-state index in [9.17, 15) is 4.79 Å². The normalized spacial score (nSPS) is 9.78. The molecule has 0 bridgehead atoms. The number of ether oxygens (including phenoxy) is 1. The highest BCUT2D eigenvalue weighted by Gasteiger charge is 2.10. The number of benzene rings is 1. The highest BCUT2D eigenvalue weighted by molar-refractivity contribution is 5.91. The third kappa shape index (κ3) is 2.58. The fourth-order valence-electron chi connectivity index (χ4n) is 1.53. The summed E-state index contributed by atoms with van der Waals surface area (Å²) in [6.07, 6.45) is 2.47. The summed E-state index contributed by atoms with van der Waals surface area (Å²) in [5.41, 5.74) is 2.02. The Bertz CT molecular complexity index is 591. The molecule has 0 unspecified atom stereocenters. The van der Waals surface area contributed by atoms with Gasteiger partial charge in [0.2, 0.25) is 0 Å². The number of H-pyrrole nitrogens is 1. The Kier molecular flexibility index (Phi) is 3.44. The molecule has 0 spiro atoms. The summed E-state index contributed by atoms with van der Waals surface area (Å²) in [7, 11) is 0. The number of rotatable bonds is 3. The van der Waals surface area contributed by atoms with E-state index in [2.05, 4.69) is 4.98 Å². The molecule has 18 heavy (non-hydrogen) atoms. The summed E-state index contributed by atoms with van der Waals surface area (Å²) in [4.78, 5) is 14.8. The number of aromatic nitrogens is 1. The second kappa shape index (κ2) is 5.19. The standard InChI is InChI=1S/C14H12N2O2/c1-2-12-7-11(9-16-12)14(17)18-13-5-3-10(8-15)4-6-13/h3-7,9,16H,2H2,1H3. The number of carbonyl (C=O) groups is 1. The van der Waals surface area contributed by atoms with Crippen molar-refractivity contribution in [2.45, 2.75) is 13.3 Å². The molecular formula is C14H12N2O2. The van der Waals surface area contributed by atoms with E-state index in [4.69, 9.17) is 10.00 Å². The highest BCUT2D eigenvalue weighted by Crippen LogP contribution is 2.14. The first-order chi connectivity index (χ1) is 8.72. The van der Waals surface area contributed by atoms with Gasteiger partial charge in [0.05, 0.1) is 17.2 Å². The van der Waals surface area contributed by atoms with Gasteiger partial charge in [-0.1, -0.05) is 6.92 Å². The quantitative estimate of drug-likeness (QED) is 0.662. The Balaban J connectivity index is 2.08. The maximum atomic E-state index is 11.8. The number of aromatic amines is 1. The number of hydrogen-bond donors (Lipinski definition) is 1. The minimum absolute atomic E-state index is 0.407. The average molecular weight is 240 g/mol. The molecule has 0 amide bonds. The van der Waals surface area contributed by atoms with Gasteiger partial charge in [0.25, 0.3) is 0 Å². The molecule has 0 aliphatic rings. The van der Waals surface area contributed by atoms with Gasteiger partial charge in [-0.05, 0) is 36.8 Å². The van der Waals surface area contributed by atoms with Crippen LogP contribution in [0.3, 0.4) is 0 Å². The van der Waals surface area contributed by atoms with Crippen molar-refractivity contribution in [2.75, 3.05) is 0 Å². The average Bonchev–Trinajstić information content (AvgIpc) is 2.88. The van der Waals surface area contributed by atoms with Crippen molar-refractivity contribution < 1.29 is 9.53 Å². The van der Waals surface area contributed by atoms with Crippen molar-refractivity contribution in [1.82, 2.24) is 4.98 Å². The zero-order valence-corrected chi connectivity index (χ0v) is 9.93. The lowest BCUT2D eigenvalue weighted by atomic mass is 10.2. The van der Waals surface area contributed by atoms with Crippen LogP contribution in [0, 0.1) is 11.3 Å². The van der Waals surface area contributed by atoms with Gasteiger partial charge in [-0.15, -0.1) is 0 Å². The summed E-state index contributed by atoms with van der Waals surface area (Å²) < 4.78 is 5.19. The maximum Gasteiger partial charge on any atom is 0.345 e. The lowest BCUT2D eigenvalue weighted by molar-refractivity contribution is 0.0735. The van der Waals surface area contributed by atoms with E-state index in [1.165, 1.54) is 0 Å². The van der Waals surface area contributed by atoms with Crippen LogP contribution in [0.15, 0.2) is 36.5 Å². The Morgan fingerprint density at radius 3 is 2.67 bits per heavy atom. The molecule has 2 rings (SSSR count). The number of nitrogens with zero attached hydrogens (tertiary/aromatic N) is 1. The molecule has 2 aromatic rings. The molecule has 0 saturated heterocycles. The van der Waals surface area contributed by atoms with Gasteiger partial charge < -0.3 is 9.72 Å². The third-order valence-corrected chi connectivity index (χ3v) is 2.55. The van der Waals surface area contributed by atoms with Crippen molar-refractivity contribution in [3.8, 4) is 11.8 Å². The molecule has 1 aromatic heterocycles. The first kappa shape index (κ1) is 11.9. The SMILES string of the molecule is CCc1cc(C(=O)Oc2ccc(C#N)cc2)c[nH]1. The maximum absolute atomic E-state index is 11.8. The van der Waals surface area contributed by atoms with E-state index < -0.39 is 5.97 Å². The van der Waals surface area contributed by atoms with E-state index in [0.29, 0.717) is 16.9 Å². The lowest BCUT2D eigenvalue weighted by Crippen LogP contribution is -2.07. The van der Waals surface area contributed by atoms with E-state index >= 15 is 0 Å². The van der Waals surface area contributed by atoms with Crippen molar-refractivity contribution in [3.63, 3.8) is 0 Å². The molecule has 1 N–H and O–H groups in total. The first-order valence-corrected chi connectivity index (χ1v) is 5.62. The minimum Gasteiger partial charge on any atom is -0.423 e. The van der Waals surface area contributed by atoms with Gasteiger partial charge in [0.15, 0.2) is 0 Å². The van der Waals surface area contributed by atoms with Gasteiger partial charge in [-0.3, -0.25) is 0 Å².